The lowest BCUT2D eigenvalue weighted by atomic mass is 9.98. The van der Waals surface area contributed by atoms with Crippen molar-refractivity contribution >= 4 is 40.0 Å². The van der Waals surface area contributed by atoms with Gasteiger partial charge in [0.1, 0.15) is 9.75 Å². The summed E-state index contributed by atoms with van der Waals surface area (Å²) in [5.41, 5.74) is -1.53. The first-order chi connectivity index (χ1) is 5.25. The summed E-state index contributed by atoms with van der Waals surface area (Å²) in [5, 5.41) is -0.549. The Morgan fingerprint density at radius 3 is 1.75 bits per heavy atom. The molecule has 0 spiro atoms. The van der Waals surface area contributed by atoms with Gasteiger partial charge in [-0.2, -0.15) is 0 Å². The molecule has 0 aromatic heterocycles. The molecule has 0 N–H and O–H groups in total. The molecule has 1 nitrogen and oxygen atoms in total. The molecule has 0 aromatic carbocycles. The molecule has 0 heterocycles. The zero-order valence-electron chi connectivity index (χ0n) is 6.83. The minimum absolute atomic E-state index is 0.538. The first-order valence-electron chi connectivity index (χ1n) is 3.47. The Morgan fingerprint density at radius 2 is 1.75 bits per heavy atom. The normalized spacial score (nSPS) is 35.8. The zero-order valence-corrected chi connectivity index (χ0v) is 9.09. The largest absolute Gasteiger partial charge is 0.280 e. The van der Waals surface area contributed by atoms with E-state index in [4.69, 9.17) is 34.8 Å². The van der Waals surface area contributed by atoms with Crippen molar-refractivity contribution in [1.82, 2.24) is 0 Å². The van der Waals surface area contributed by atoms with Gasteiger partial charge in [-0.15, -0.1) is 6.58 Å². The van der Waals surface area contributed by atoms with E-state index in [9.17, 15) is 4.79 Å². The van der Waals surface area contributed by atoms with E-state index in [-0.39, 0.29) is 0 Å². The van der Waals surface area contributed by atoms with E-state index in [0.29, 0.717) is 0 Å². The van der Waals surface area contributed by atoms with Gasteiger partial charge in [0.2, 0.25) is 5.24 Å². The van der Waals surface area contributed by atoms with E-state index in [2.05, 4.69) is 6.58 Å². The first kappa shape index (κ1) is 10.4. The molecule has 1 aliphatic carbocycles. The summed E-state index contributed by atoms with van der Waals surface area (Å²) in [6.45, 7) is 7.11. The summed E-state index contributed by atoms with van der Waals surface area (Å²) in [7, 11) is 0. The molecular weight excluding hydrogens is 218 g/mol. The minimum atomic E-state index is -1.12. The van der Waals surface area contributed by atoms with Gasteiger partial charge in [-0.1, -0.05) is 43.1 Å². The third-order valence-electron chi connectivity index (χ3n) is 2.82. The lowest BCUT2D eigenvalue weighted by Crippen LogP contribution is -2.15. The maximum Gasteiger partial charge on any atom is 0.235 e. The van der Waals surface area contributed by atoms with Crippen LogP contribution in [0.1, 0.15) is 13.8 Å². The van der Waals surface area contributed by atoms with E-state index < -0.39 is 20.4 Å². The van der Waals surface area contributed by atoms with Gasteiger partial charge < -0.3 is 0 Å². The molecule has 0 aromatic rings. The summed E-state index contributed by atoms with van der Waals surface area (Å²) < 4.78 is -1.12. The van der Waals surface area contributed by atoms with Crippen LogP contribution >= 0.6 is 34.8 Å². The van der Waals surface area contributed by atoms with Gasteiger partial charge in [-0.25, -0.2) is 0 Å². The van der Waals surface area contributed by atoms with Crippen LogP contribution in [0.25, 0.3) is 0 Å². The Bertz CT molecular complexity index is 241. The molecule has 0 saturated heterocycles. The highest BCUT2D eigenvalue weighted by atomic mass is 35.5. The fraction of sp³-hybridized carbons (Fsp3) is 0.625. The number of halogens is 3. The molecule has 4 heteroatoms. The van der Waals surface area contributed by atoms with Gasteiger partial charge in [0.25, 0.3) is 0 Å². The van der Waals surface area contributed by atoms with Gasteiger partial charge in [0, 0.05) is 5.41 Å². The van der Waals surface area contributed by atoms with Crippen LogP contribution in [-0.2, 0) is 4.79 Å². The van der Waals surface area contributed by atoms with Crippen LogP contribution in [0.2, 0.25) is 0 Å². The van der Waals surface area contributed by atoms with E-state index in [0.717, 1.165) is 0 Å². The van der Waals surface area contributed by atoms with Crippen molar-refractivity contribution in [3.8, 4) is 0 Å². The smallest absolute Gasteiger partial charge is 0.235 e. The standard InChI is InChI=1S/C8H9Cl3O/c1-4-7(5(9)12)6(2,3)8(7,10)11/h4H,1H2,2-3H3. The molecule has 12 heavy (non-hydrogen) atoms. The average Bonchev–Trinajstić information content (AvgIpc) is 2.21. The number of carbonyl (C=O) groups excluding carboxylic acids is 1. The summed E-state index contributed by atoms with van der Waals surface area (Å²) in [6, 6.07) is 0. The highest BCUT2D eigenvalue weighted by molar-refractivity contribution is 6.69. The second-order valence-corrected chi connectivity index (χ2v) is 5.16. The predicted molar refractivity (Wildman–Crippen MR) is 51.7 cm³/mol. The van der Waals surface area contributed by atoms with Crippen LogP contribution in [0.5, 0.6) is 0 Å². The van der Waals surface area contributed by atoms with E-state index in [1.807, 2.05) is 0 Å². The van der Waals surface area contributed by atoms with Gasteiger partial charge >= 0.3 is 0 Å². The SMILES string of the molecule is C=CC1(C(=O)Cl)C(C)(C)C1(Cl)Cl. The van der Waals surface area contributed by atoms with Crippen molar-refractivity contribution in [2.75, 3.05) is 0 Å². The van der Waals surface area contributed by atoms with Gasteiger partial charge in [0.15, 0.2) is 0 Å². The summed E-state index contributed by atoms with van der Waals surface area (Å²) in [4.78, 5) is 11.1. The number of carbonyl (C=O) groups is 1. The van der Waals surface area contributed by atoms with Gasteiger partial charge in [0.05, 0.1) is 0 Å². The van der Waals surface area contributed by atoms with E-state index >= 15 is 0 Å². The van der Waals surface area contributed by atoms with Gasteiger partial charge in [-0.05, 0) is 11.6 Å². The summed E-state index contributed by atoms with van der Waals surface area (Å²) >= 11 is 17.3. The Hall–Kier alpha value is 0.280. The monoisotopic (exact) mass is 226 g/mol. The zero-order chi connectivity index (χ0) is 9.78. The van der Waals surface area contributed by atoms with Crippen LogP contribution in [0.15, 0.2) is 12.7 Å². The second kappa shape index (κ2) is 2.40. The molecule has 68 valence electrons. The molecule has 0 radical (unpaired) electrons. The van der Waals surface area contributed by atoms with Crippen LogP contribution in [0.3, 0.4) is 0 Å². The van der Waals surface area contributed by atoms with Crippen molar-refractivity contribution in [2.24, 2.45) is 10.8 Å². The number of allylic oxidation sites excluding steroid dienone is 1. The van der Waals surface area contributed by atoms with Crippen LogP contribution < -0.4 is 0 Å². The lowest BCUT2D eigenvalue weighted by Gasteiger charge is -2.07. The Labute approximate surface area is 86.7 Å². The molecule has 1 fully saturated rings. The van der Waals surface area contributed by atoms with Gasteiger partial charge in [-0.3, -0.25) is 4.79 Å². The first-order valence-corrected chi connectivity index (χ1v) is 4.60. The number of hydrogen-bond donors (Lipinski definition) is 0. The Morgan fingerprint density at radius 1 is 1.42 bits per heavy atom. The van der Waals surface area contributed by atoms with Crippen LogP contribution in [0, 0.1) is 10.8 Å². The topological polar surface area (TPSA) is 17.1 Å². The molecule has 1 aliphatic rings. The molecule has 0 bridgehead atoms. The molecule has 0 aliphatic heterocycles. The highest BCUT2D eigenvalue weighted by Crippen LogP contribution is 2.78. The van der Waals surface area contributed by atoms with Crippen LogP contribution in [-0.4, -0.2) is 9.58 Å². The maximum absolute atomic E-state index is 11.1. The summed E-state index contributed by atoms with van der Waals surface area (Å²) in [6.07, 6.45) is 1.43. The molecule has 1 unspecified atom stereocenters. The molecule has 1 saturated carbocycles. The number of rotatable bonds is 2. The molecule has 1 rings (SSSR count). The highest BCUT2D eigenvalue weighted by Gasteiger charge is 2.84. The van der Waals surface area contributed by atoms with Crippen LogP contribution in [0.4, 0.5) is 0 Å². The fourth-order valence-corrected chi connectivity index (χ4v) is 3.19. The van der Waals surface area contributed by atoms with Crippen molar-refractivity contribution in [2.45, 2.75) is 18.2 Å². The molecule has 1 atom stereocenters. The quantitative estimate of drug-likeness (QED) is 0.402. The van der Waals surface area contributed by atoms with E-state index in [1.54, 1.807) is 13.8 Å². The molecule has 0 amide bonds. The third kappa shape index (κ3) is 0.753. The van der Waals surface area contributed by atoms with E-state index in [1.165, 1.54) is 6.08 Å². The average molecular weight is 228 g/mol. The van der Waals surface area contributed by atoms with Crippen molar-refractivity contribution in [3.05, 3.63) is 12.7 Å². The van der Waals surface area contributed by atoms with Crippen molar-refractivity contribution < 1.29 is 4.79 Å². The number of hydrogen-bond acceptors (Lipinski definition) is 1. The lowest BCUT2D eigenvalue weighted by molar-refractivity contribution is -0.115. The Balaban J connectivity index is 3.20. The minimum Gasteiger partial charge on any atom is -0.280 e. The summed E-state index contributed by atoms with van der Waals surface area (Å²) in [5.74, 6) is 0. The maximum atomic E-state index is 11.1. The second-order valence-electron chi connectivity index (χ2n) is 3.49. The van der Waals surface area contributed by atoms with Crippen molar-refractivity contribution in [3.63, 3.8) is 0 Å². The predicted octanol–water partition coefficient (Wildman–Crippen LogP) is 3.14. The molecular formula is C8H9Cl3O. The van der Waals surface area contributed by atoms with Crippen molar-refractivity contribution in [1.29, 1.82) is 0 Å². The Kier molecular flexibility index (Phi) is 2.07. The fourth-order valence-electron chi connectivity index (χ4n) is 1.63. The third-order valence-corrected chi connectivity index (χ3v) is 4.66. The number of alkyl halides is 2.